The van der Waals surface area contributed by atoms with E-state index in [9.17, 15) is 30.0 Å². The third kappa shape index (κ3) is 4.98. The van der Waals surface area contributed by atoms with Gasteiger partial charge < -0.3 is 25.2 Å². The number of epoxide rings is 1. The van der Waals surface area contributed by atoms with Crippen LogP contribution in [-0.4, -0.2) is 69.1 Å². The van der Waals surface area contributed by atoms with Gasteiger partial charge >= 0.3 is 0 Å². The maximum atomic E-state index is 12.7. The minimum Gasteiger partial charge on any atom is -0.396 e. The van der Waals surface area contributed by atoms with Crippen molar-refractivity contribution < 1.29 is 34.8 Å². The second-order valence-electron chi connectivity index (χ2n) is 7.20. The Kier molecular flexibility index (Phi) is 8.56. The van der Waals surface area contributed by atoms with E-state index in [2.05, 4.69) is 0 Å². The fourth-order valence-electron chi connectivity index (χ4n) is 3.45. The Bertz CT molecular complexity index is 518. The molecule has 150 valence electrons. The Labute approximate surface area is 154 Å². The number of aliphatic hydroxyl groups is 4. The summed E-state index contributed by atoms with van der Waals surface area (Å²) in [5.41, 5.74) is -0.994. The summed E-state index contributed by atoms with van der Waals surface area (Å²) in [6.07, 6.45) is 0.816. The number of hydrogen-bond acceptors (Lipinski definition) is 7. The first-order chi connectivity index (χ1) is 12.2. The molecule has 1 fully saturated rings. The highest BCUT2D eigenvalue weighted by molar-refractivity contribution is 5.86. The molecule has 0 amide bonds. The number of carbonyl (C=O) groups is 2. The van der Waals surface area contributed by atoms with Crippen molar-refractivity contribution in [1.82, 2.24) is 0 Å². The first-order valence-electron chi connectivity index (χ1n) is 9.11. The molecule has 7 nitrogen and oxygen atoms in total. The Balaban J connectivity index is 2.88. The van der Waals surface area contributed by atoms with Gasteiger partial charge in [0.15, 0.2) is 0 Å². The molecule has 2 unspecified atom stereocenters. The Morgan fingerprint density at radius 1 is 1.19 bits per heavy atom. The van der Waals surface area contributed by atoms with Crippen LogP contribution in [0.3, 0.4) is 0 Å². The van der Waals surface area contributed by atoms with E-state index in [1.807, 2.05) is 26.0 Å². The maximum Gasteiger partial charge on any atom is 0.148 e. The molecule has 0 radical (unpaired) electrons. The number of allylic oxidation sites excluding steroid dienone is 1. The molecule has 0 aromatic carbocycles. The quantitative estimate of drug-likeness (QED) is 0.285. The number of rotatable bonds is 12. The molecule has 0 saturated carbocycles. The first-order valence-corrected chi connectivity index (χ1v) is 9.11. The molecular weight excluding hydrogens is 340 g/mol. The summed E-state index contributed by atoms with van der Waals surface area (Å²) in [6.45, 7) is 5.79. The molecule has 1 rings (SSSR count). The van der Waals surface area contributed by atoms with Crippen molar-refractivity contribution >= 4 is 11.6 Å². The predicted molar refractivity (Wildman–Crippen MR) is 95.3 cm³/mol. The molecule has 0 aromatic rings. The van der Waals surface area contributed by atoms with Crippen molar-refractivity contribution in [3.05, 3.63) is 12.2 Å². The molecule has 0 spiro atoms. The SMILES string of the molecule is C/C=C\[C@H](C)[C@H]1OC1(C)[C@@H](O)[C@@H](CO)C(=O)[C@@H](CO)C(O)CC(=O)CC. The summed E-state index contributed by atoms with van der Waals surface area (Å²) >= 11 is 0. The van der Waals surface area contributed by atoms with E-state index < -0.39 is 48.6 Å². The van der Waals surface area contributed by atoms with E-state index in [0.29, 0.717) is 0 Å². The van der Waals surface area contributed by atoms with Gasteiger partial charge in [-0.05, 0) is 13.8 Å². The minimum absolute atomic E-state index is 0.0236. The van der Waals surface area contributed by atoms with Crippen LogP contribution in [0.25, 0.3) is 0 Å². The molecular formula is C19H32O7. The fraction of sp³-hybridized carbons (Fsp3) is 0.789. The molecule has 1 saturated heterocycles. The highest BCUT2D eigenvalue weighted by Gasteiger charge is 2.61. The topological polar surface area (TPSA) is 128 Å². The summed E-state index contributed by atoms with van der Waals surface area (Å²) in [6, 6.07) is 0. The third-order valence-electron chi connectivity index (χ3n) is 5.25. The zero-order valence-corrected chi connectivity index (χ0v) is 16.0. The summed E-state index contributed by atoms with van der Waals surface area (Å²) in [4.78, 5) is 24.2. The number of hydrogen-bond donors (Lipinski definition) is 4. The molecule has 7 heteroatoms. The van der Waals surface area contributed by atoms with Crippen LogP contribution < -0.4 is 0 Å². The number of carbonyl (C=O) groups excluding carboxylic acids is 2. The van der Waals surface area contributed by atoms with Gasteiger partial charge in [0.05, 0.1) is 43.4 Å². The van der Waals surface area contributed by atoms with Gasteiger partial charge in [0.2, 0.25) is 0 Å². The molecule has 7 atom stereocenters. The zero-order valence-electron chi connectivity index (χ0n) is 16.0. The van der Waals surface area contributed by atoms with Crippen molar-refractivity contribution in [1.29, 1.82) is 0 Å². The summed E-state index contributed by atoms with van der Waals surface area (Å²) in [5.74, 6) is -3.34. The third-order valence-corrected chi connectivity index (χ3v) is 5.25. The van der Waals surface area contributed by atoms with E-state index in [0.717, 1.165) is 0 Å². The zero-order chi connectivity index (χ0) is 20.1. The van der Waals surface area contributed by atoms with E-state index in [-0.39, 0.29) is 30.6 Å². The molecule has 0 aromatic heterocycles. The Morgan fingerprint density at radius 3 is 2.23 bits per heavy atom. The predicted octanol–water partition coefficient (Wildman–Crippen LogP) is 0.233. The van der Waals surface area contributed by atoms with Crippen LogP contribution >= 0.6 is 0 Å². The van der Waals surface area contributed by atoms with Crippen molar-refractivity contribution in [3.63, 3.8) is 0 Å². The van der Waals surface area contributed by atoms with Crippen LogP contribution in [0.5, 0.6) is 0 Å². The summed E-state index contributed by atoms with van der Waals surface area (Å²) in [7, 11) is 0. The number of aliphatic hydroxyl groups excluding tert-OH is 4. The number of Topliss-reactive ketones (excluding diaryl/α,β-unsaturated/α-hetero) is 2. The molecule has 0 bridgehead atoms. The number of ether oxygens (including phenoxy) is 1. The fourth-order valence-corrected chi connectivity index (χ4v) is 3.45. The Morgan fingerprint density at radius 2 is 1.77 bits per heavy atom. The monoisotopic (exact) mass is 372 g/mol. The van der Waals surface area contributed by atoms with Crippen molar-refractivity contribution in [2.45, 2.75) is 64.4 Å². The minimum atomic E-state index is -1.35. The van der Waals surface area contributed by atoms with Crippen molar-refractivity contribution in [2.75, 3.05) is 13.2 Å². The van der Waals surface area contributed by atoms with Crippen molar-refractivity contribution in [3.8, 4) is 0 Å². The lowest BCUT2D eigenvalue weighted by Gasteiger charge is -2.28. The number of ketones is 2. The smallest absolute Gasteiger partial charge is 0.148 e. The van der Waals surface area contributed by atoms with Gasteiger partial charge in [0.25, 0.3) is 0 Å². The highest BCUT2D eigenvalue weighted by atomic mass is 16.6. The van der Waals surface area contributed by atoms with Crippen LogP contribution in [0.4, 0.5) is 0 Å². The van der Waals surface area contributed by atoms with Gasteiger partial charge in [-0.3, -0.25) is 9.59 Å². The lowest BCUT2D eigenvalue weighted by molar-refractivity contribution is -0.140. The highest BCUT2D eigenvalue weighted by Crippen LogP contribution is 2.46. The van der Waals surface area contributed by atoms with Crippen LogP contribution in [0.2, 0.25) is 0 Å². The lowest BCUT2D eigenvalue weighted by Crippen LogP contribution is -2.47. The maximum absolute atomic E-state index is 12.7. The largest absolute Gasteiger partial charge is 0.396 e. The second kappa shape index (κ2) is 9.71. The summed E-state index contributed by atoms with van der Waals surface area (Å²) < 4.78 is 5.63. The normalized spacial score (nSPS) is 28.4. The van der Waals surface area contributed by atoms with E-state index in [4.69, 9.17) is 4.74 Å². The lowest BCUT2D eigenvalue weighted by atomic mass is 9.79. The van der Waals surface area contributed by atoms with Gasteiger partial charge in [0.1, 0.15) is 17.2 Å². The van der Waals surface area contributed by atoms with Gasteiger partial charge in [-0.2, -0.15) is 0 Å². The van der Waals surface area contributed by atoms with Crippen LogP contribution in [-0.2, 0) is 14.3 Å². The van der Waals surface area contributed by atoms with Crippen molar-refractivity contribution in [2.24, 2.45) is 17.8 Å². The van der Waals surface area contributed by atoms with Crippen LogP contribution in [0.15, 0.2) is 12.2 Å². The van der Waals surface area contributed by atoms with E-state index in [1.54, 1.807) is 13.8 Å². The molecule has 4 N–H and O–H groups in total. The average Bonchev–Trinajstić information content (AvgIpc) is 3.29. The van der Waals surface area contributed by atoms with Crippen LogP contribution in [0, 0.1) is 17.8 Å². The van der Waals surface area contributed by atoms with Crippen LogP contribution in [0.1, 0.15) is 40.5 Å². The average molecular weight is 372 g/mol. The van der Waals surface area contributed by atoms with Gasteiger partial charge in [-0.25, -0.2) is 0 Å². The molecule has 0 aliphatic carbocycles. The second-order valence-corrected chi connectivity index (χ2v) is 7.20. The summed E-state index contributed by atoms with van der Waals surface area (Å²) in [5, 5.41) is 40.0. The molecule has 1 aliphatic heterocycles. The first kappa shape index (κ1) is 22.9. The molecule has 1 heterocycles. The molecule has 26 heavy (non-hydrogen) atoms. The van der Waals surface area contributed by atoms with Gasteiger partial charge in [-0.1, -0.05) is 26.0 Å². The Hall–Kier alpha value is -1.12. The van der Waals surface area contributed by atoms with Gasteiger partial charge in [0, 0.05) is 18.8 Å². The molecule has 1 aliphatic rings. The van der Waals surface area contributed by atoms with Gasteiger partial charge in [-0.15, -0.1) is 0 Å². The van der Waals surface area contributed by atoms with E-state index >= 15 is 0 Å². The standard InChI is InChI=1S/C19H32O7/c1-5-7-11(3)18-19(4,26-18)17(25)14(10-21)16(24)13(9-20)15(23)8-12(22)6-2/h5,7,11,13-15,17-18,20-21,23,25H,6,8-10H2,1-4H3/b7-5-/t11-,13-,14-,15?,17-,18+,19?/m0/s1. The van der Waals surface area contributed by atoms with E-state index in [1.165, 1.54) is 0 Å².